The van der Waals surface area contributed by atoms with Crippen LogP contribution >= 0.6 is 0 Å². The van der Waals surface area contributed by atoms with E-state index in [4.69, 9.17) is 0 Å². The Labute approximate surface area is 151 Å². The van der Waals surface area contributed by atoms with Crippen LogP contribution in [-0.4, -0.2) is 56.7 Å². The van der Waals surface area contributed by atoms with Gasteiger partial charge in [-0.3, -0.25) is 19.2 Å². The van der Waals surface area contributed by atoms with Crippen molar-refractivity contribution >= 4 is 17.5 Å². The van der Waals surface area contributed by atoms with Crippen molar-refractivity contribution in [3.8, 4) is 0 Å². The van der Waals surface area contributed by atoms with E-state index in [-0.39, 0.29) is 0 Å². The van der Waals surface area contributed by atoms with Crippen LogP contribution in [0.15, 0.2) is 30.6 Å². The van der Waals surface area contributed by atoms with Crippen LogP contribution in [0, 0.1) is 5.92 Å². The Morgan fingerprint density at radius 1 is 1.27 bits per heavy atom. The Morgan fingerprint density at radius 3 is 2.92 bits per heavy atom. The molecule has 8 heteroatoms. The molecule has 2 aliphatic rings. The van der Waals surface area contributed by atoms with Gasteiger partial charge in [0.05, 0.1) is 6.20 Å². The third-order valence-corrected chi connectivity index (χ3v) is 5.03. The molecule has 1 N–H and O–H groups in total. The summed E-state index contributed by atoms with van der Waals surface area (Å²) in [4.78, 5) is 28.6. The molecule has 0 radical (unpaired) electrons. The number of aromatic nitrogens is 3. The number of hydrogen-bond donors (Lipinski definition) is 1. The molecule has 2 amide bonds. The molecule has 0 bridgehead atoms. The molecule has 3 heterocycles. The minimum atomic E-state index is -0.572. The van der Waals surface area contributed by atoms with Crippen molar-refractivity contribution in [2.75, 3.05) is 25.5 Å². The minimum Gasteiger partial charge on any atom is -0.334 e. The molecule has 1 aromatic heterocycles. The smallest absolute Gasteiger partial charge is 0.313 e. The summed E-state index contributed by atoms with van der Waals surface area (Å²) in [7, 11) is 2.06. The number of rotatable bonds is 3. The van der Waals surface area contributed by atoms with E-state index in [9.17, 15) is 9.59 Å². The number of carbonyl (C=O) groups excluding carboxylic acids is 2. The van der Waals surface area contributed by atoms with E-state index < -0.39 is 11.8 Å². The molecule has 4 rings (SSSR count). The van der Waals surface area contributed by atoms with Gasteiger partial charge in [-0.2, -0.15) is 0 Å². The molecule has 1 atom stereocenters. The van der Waals surface area contributed by atoms with Gasteiger partial charge < -0.3 is 10.2 Å². The maximum absolute atomic E-state index is 12.5. The topological polar surface area (TPSA) is 83.4 Å². The number of amides is 2. The second kappa shape index (κ2) is 6.87. The van der Waals surface area contributed by atoms with Crippen molar-refractivity contribution in [1.29, 1.82) is 0 Å². The van der Waals surface area contributed by atoms with Crippen molar-refractivity contribution < 1.29 is 9.59 Å². The highest BCUT2D eigenvalue weighted by Gasteiger charge is 2.30. The van der Waals surface area contributed by atoms with Crippen molar-refractivity contribution in [1.82, 2.24) is 24.8 Å². The van der Waals surface area contributed by atoms with Gasteiger partial charge in [0.25, 0.3) is 0 Å². The van der Waals surface area contributed by atoms with Gasteiger partial charge in [0.15, 0.2) is 0 Å². The molecule has 1 unspecified atom stereocenters. The lowest BCUT2D eigenvalue weighted by molar-refractivity contribution is -0.142. The Kier molecular flexibility index (Phi) is 4.42. The van der Waals surface area contributed by atoms with E-state index in [1.807, 2.05) is 24.4 Å². The van der Waals surface area contributed by atoms with Gasteiger partial charge in [-0.25, -0.2) is 0 Å². The molecule has 2 aliphatic heterocycles. The summed E-state index contributed by atoms with van der Waals surface area (Å²) >= 11 is 0. The average molecular weight is 354 g/mol. The van der Waals surface area contributed by atoms with Gasteiger partial charge >= 0.3 is 11.8 Å². The number of anilines is 1. The van der Waals surface area contributed by atoms with Gasteiger partial charge in [-0.05, 0) is 42.6 Å². The van der Waals surface area contributed by atoms with Crippen LogP contribution in [-0.2, 0) is 29.2 Å². The number of likely N-dealkylation sites (tertiary alicyclic amines) is 1. The summed E-state index contributed by atoms with van der Waals surface area (Å²) in [5, 5.41) is 10.5. The molecule has 0 spiro atoms. The quantitative estimate of drug-likeness (QED) is 0.821. The largest absolute Gasteiger partial charge is 0.334 e. The molecule has 0 saturated carbocycles. The molecule has 1 aromatic carbocycles. The third-order valence-electron chi connectivity index (χ3n) is 5.03. The standard InChI is InChI=1S/C18H22N6O2/c1-22-11-14-2-3-16(8-15(14)12-22)20-17(25)18(26)23-6-4-13(9-23)10-24-7-5-19-21-24/h2-3,5,7-8,13H,4,6,9-12H2,1H3,(H,20,25). The number of benzene rings is 1. The summed E-state index contributed by atoms with van der Waals surface area (Å²) in [6.45, 7) is 3.66. The van der Waals surface area contributed by atoms with Crippen LogP contribution in [0.25, 0.3) is 0 Å². The SMILES string of the molecule is CN1Cc2ccc(NC(=O)C(=O)N3CCC(Cn4ccnn4)C3)cc2C1. The van der Waals surface area contributed by atoms with Crippen LogP contribution in [0.5, 0.6) is 0 Å². The fraction of sp³-hybridized carbons (Fsp3) is 0.444. The number of hydrogen-bond acceptors (Lipinski definition) is 5. The number of fused-ring (bicyclic) bond motifs is 1. The summed E-state index contributed by atoms with van der Waals surface area (Å²) in [5.74, 6) is -0.745. The fourth-order valence-electron chi connectivity index (χ4n) is 3.73. The molecular formula is C18H22N6O2. The van der Waals surface area contributed by atoms with Crippen LogP contribution in [0.3, 0.4) is 0 Å². The highest BCUT2D eigenvalue weighted by atomic mass is 16.2. The maximum atomic E-state index is 12.5. The lowest BCUT2D eigenvalue weighted by Gasteiger charge is -2.16. The van der Waals surface area contributed by atoms with Crippen LogP contribution in [0.4, 0.5) is 5.69 Å². The normalized spacial score (nSPS) is 19.6. The molecule has 26 heavy (non-hydrogen) atoms. The fourth-order valence-corrected chi connectivity index (χ4v) is 3.73. The number of carbonyl (C=O) groups is 2. The van der Waals surface area contributed by atoms with E-state index in [0.29, 0.717) is 31.2 Å². The third kappa shape index (κ3) is 3.45. The first-order valence-electron chi connectivity index (χ1n) is 8.83. The number of nitrogens with zero attached hydrogens (tertiary/aromatic N) is 5. The second-order valence-corrected chi connectivity index (χ2v) is 7.14. The molecule has 8 nitrogen and oxygen atoms in total. The molecule has 1 saturated heterocycles. The zero-order chi connectivity index (χ0) is 18.1. The Balaban J connectivity index is 1.34. The maximum Gasteiger partial charge on any atom is 0.313 e. The van der Waals surface area contributed by atoms with E-state index in [1.54, 1.807) is 15.8 Å². The van der Waals surface area contributed by atoms with Crippen molar-refractivity contribution in [3.63, 3.8) is 0 Å². The monoisotopic (exact) mass is 354 g/mol. The summed E-state index contributed by atoms with van der Waals surface area (Å²) in [6.07, 6.45) is 4.31. The van der Waals surface area contributed by atoms with Crippen molar-refractivity contribution in [2.45, 2.75) is 26.1 Å². The predicted octanol–water partition coefficient (Wildman–Crippen LogP) is 0.711. The zero-order valence-corrected chi connectivity index (χ0v) is 14.8. The summed E-state index contributed by atoms with van der Waals surface area (Å²) < 4.78 is 1.76. The predicted molar refractivity (Wildman–Crippen MR) is 95.0 cm³/mol. The molecular weight excluding hydrogens is 332 g/mol. The van der Waals surface area contributed by atoms with Crippen molar-refractivity contribution in [2.24, 2.45) is 5.92 Å². The van der Waals surface area contributed by atoms with E-state index in [0.717, 1.165) is 19.5 Å². The van der Waals surface area contributed by atoms with Gasteiger partial charge in [0.2, 0.25) is 0 Å². The molecule has 136 valence electrons. The first kappa shape index (κ1) is 16.7. The average Bonchev–Trinajstić information content (AvgIpc) is 3.34. The molecule has 0 aliphatic carbocycles. The van der Waals surface area contributed by atoms with Gasteiger partial charge in [0.1, 0.15) is 0 Å². The Hall–Kier alpha value is -2.74. The Bertz CT molecular complexity index is 819. The number of nitrogens with one attached hydrogen (secondary N) is 1. The lowest BCUT2D eigenvalue weighted by atomic mass is 10.1. The molecule has 2 aromatic rings. The van der Waals surface area contributed by atoms with E-state index >= 15 is 0 Å². The van der Waals surface area contributed by atoms with Crippen LogP contribution in [0.2, 0.25) is 0 Å². The van der Waals surface area contributed by atoms with Crippen LogP contribution in [0.1, 0.15) is 17.5 Å². The van der Waals surface area contributed by atoms with Crippen LogP contribution < -0.4 is 5.32 Å². The lowest BCUT2D eigenvalue weighted by Crippen LogP contribution is -2.38. The summed E-state index contributed by atoms with van der Waals surface area (Å²) in [6, 6.07) is 5.84. The second-order valence-electron chi connectivity index (χ2n) is 7.14. The van der Waals surface area contributed by atoms with E-state index in [2.05, 4.69) is 27.6 Å². The summed E-state index contributed by atoms with van der Waals surface area (Å²) in [5.41, 5.74) is 3.15. The first-order chi connectivity index (χ1) is 12.6. The van der Waals surface area contributed by atoms with E-state index in [1.165, 1.54) is 11.1 Å². The van der Waals surface area contributed by atoms with Crippen molar-refractivity contribution in [3.05, 3.63) is 41.7 Å². The Morgan fingerprint density at radius 2 is 2.12 bits per heavy atom. The molecule has 1 fully saturated rings. The van der Waals surface area contributed by atoms with Gasteiger partial charge in [-0.1, -0.05) is 11.3 Å². The van der Waals surface area contributed by atoms with Gasteiger partial charge in [-0.15, -0.1) is 5.10 Å². The highest BCUT2D eigenvalue weighted by Crippen LogP contribution is 2.24. The zero-order valence-electron chi connectivity index (χ0n) is 14.8. The first-order valence-corrected chi connectivity index (χ1v) is 8.83. The minimum absolute atomic E-state index is 0.295. The van der Waals surface area contributed by atoms with Gasteiger partial charge in [0, 0.05) is 44.6 Å². The highest BCUT2D eigenvalue weighted by molar-refractivity contribution is 6.39.